The number of para-hydroxylation sites is 1. The van der Waals surface area contributed by atoms with E-state index in [0.29, 0.717) is 25.2 Å². The van der Waals surface area contributed by atoms with Crippen molar-refractivity contribution in [3.05, 3.63) is 72.2 Å². The van der Waals surface area contributed by atoms with Crippen molar-refractivity contribution in [3.8, 4) is 17.1 Å². The molecule has 27 heavy (non-hydrogen) atoms. The summed E-state index contributed by atoms with van der Waals surface area (Å²) in [5.74, 6) is 1.61. The van der Waals surface area contributed by atoms with Gasteiger partial charge in [-0.15, -0.1) is 0 Å². The highest BCUT2D eigenvalue weighted by Crippen LogP contribution is 2.27. The molecule has 2 aromatic carbocycles. The Morgan fingerprint density at radius 2 is 1.85 bits per heavy atom. The van der Waals surface area contributed by atoms with Crippen molar-refractivity contribution >= 4 is 5.91 Å². The van der Waals surface area contributed by atoms with Crippen LogP contribution in [0.4, 0.5) is 0 Å². The molecule has 1 heterocycles. The van der Waals surface area contributed by atoms with E-state index in [2.05, 4.69) is 4.98 Å². The van der Waals surface area contributed by atoms with E-state index in [9.17, 15) is 9.90 Å². The first kappa shape index (κ1) is 18.7. The van der Waals surface area contributed by atoms with Crippen molar-refractivity contribution in [2.24, 2.45) is 0 Å². The number of amides is 1. The molecular weight excluding hydrogens is 340 g/mol. The van der Waals surface area contributed by atoms with E-state index in [1.54, 1.807) is 30.3 Å². The number of hydrogen-bond acceptors (Lipinski definition) is 4. The van der Waals surface area contributed by atoms with Crippen LogP contribution in [-0.2, 0) is 11.2 Å². The quantitative estimate of drug-likeness (QED) is 0.666. The van der Waals surface area contributed by atoms with Crippen LogP contribution in [0.25, 0.3) is 11.3 Å². The van der Waals surface area contributed by atoms with Crippen molar-refractivity contribution in [1.82, 2.24) is 9.88 Å². The Kier molecular flexibility index (Phi) is 5.91. The number of oxazole rings is 1. The van der Waals surface area contributed by atoms with Gasteiger partial charge in [-0.05, 0) is 19.4 Å². The molecule has 5 nitrogen and oxygen atoms in total. The van der Waals surface area contributed by atoms with Gasteiger partial charge in [-0.1, -0.05) is 48.5 Å². The first-order chi connectivity index (χ1) is 13.1. The van der Waals surface area contributed by atoms with Crippen molar-refractivity contribution in [2.75, 3.05) is 7.05 Å². The summed E-state index contributed by atoms with van der Waals surface area (Å²) < 4.78 is 5.78. The standard InChI is InChI=1S/C22H24N2O3/c1-16(18-11-6-7-12-19(18)25)24(2)22(26)14-8-13-21-23-15-20(27-21)17-9-4-3-5-10-17/h3-7,9-12,15-16,25H,8,13-14H2,1-2H3. The lowest BCUT2D eigenvalue weighted by molar-refractivity contribution is -0.131. The molecular formula is C22H24N2O3. The SMILES string of the molecule is CC(c1ccccc1O)N(C)C(=O)CCCc1ncc(-c2ccccc2)o1. The van der Waals surface area contributed by atoms with Crippen LogP contribution >= 0.6 is 0 Å². The fraction of sp³-hybridized carbons (Fsp3) is 0.273. The van der Waals surface area contributed by atoms with Crippen LogP contribution in [0.1, 0.15) is 37.3 Å². The number of carbonyl (C=O) groups excluding carboxylic acids is 1. The first-order valence-corrected chi connectivity index (χ1v) is 9.10. The molecule has 3 aromatic rings. The van der Waals surface area contributed by atoms with E-state index in [1.165, 1.54) is 0 Å². The zero-order valence-electron chi connectivity index (χ0n) is 15.6. The number of aryl methyl sites for hydroxylation is 1. The van der Waals surface area contributed by atoms with Crippen LogP contribution in [0.3, 0.4) is 0 Å². The molecule has 1 atom stereocenters. The van der Waals surface area contributed by atoms with E-state index >= 15 is 0 Å². The lowest BCUT2D eigenvalue weighted by atomic mass is 10.1. The van der Waals surface area contributed by atoms with Gasteiger partial charge < -0.3 is 14.4 Å². The summed E-state index contributed by atoms with van der Waals surface area (Å²) in [6.07, 6.45) is 3.39. The number of phenolic OH excluding ortho intramolecular Hbond substituents is 1. The molecule has 0 fully saturated rings. The Morgan fingerprint density at radius 3 is 2.59 bits per heavy atom. The van der Waals surface area contributed by atoms with E-state index in [0.717, 1.165) is 16.9 Å². The minimum absolute atomic E-state index is 0.0283. The molecule has 3 rings (SSSR count). The molecule has 140 valence electrons. The van der Waals surface area contributed by atoms with E-state index in [-0.39, 0.29) is 17.7 Å². The number of nitrogens with zero attached hydrogens (tertiary/aromatic N) is 2. The van der Waals surface area contributed by atoms with Gasteiger partial charge in [0.25, 0.3) is 0 Å². The lowest BCUT2D eigenvalue weighted by Gasteiger charge is -2.26. The van der Waals surface area contributed by atoms with Gasteiger partial charge in [-0.3, -0.25) is 4.79 Å². The van der Waals surface area contributed by atoms with Gasteiger partial charge in [0.05, 0.1) is 12.2 Å². The maximum atomic E-state index is 12.5. The summed E-state index contributed by atoms with van der Waals surface area (Å²) in [4.78, 5) is 18.4. The molecule has 1 unspecified atom stereocenters. The molecule has 0 bridgehead atoms. The average Bonchev–Trinajstić information content (AvgIpc) is 3.17. The Morgan fingerprint density at radius 1 is 1.15 bits per heavy atom. The number of aromatic nitrogens is 1. The topological polar surface area (TPSA) is 66.6 Å². The normalized spacial score (nSPS) is 11.9. The van der Waals surface area contributed by atoms with Crippen LogP contribution in [0, 0.1) is 0 Å². The minimum Gasteiger partial charge on any atom is -0.508 e. The monoisotopic (exact) mass is 364 g/mol. The number of phenols is 1. The van der Waals surface area contributed by atoms with Gasteiger partial charge in [0.2, 0.25) is 5.91 Å². The zero-order chi connectivity index (χ0) is 19.2. The molecule has 0 aliphatic carbocycles. The third kappa shape index (κ3) is 4.56. The van der Waals surface area contributed by atoms with Gasteiger partial charge in [0, 0.05) is 31.0 Å². The third-order valence-electron chi connectivity index (χ3n) is 4.75. The predicted octanol–water partition coefficient (Wildman–Crippen LogP) is 4.59. The molecule has 0 saturated heterocycles. The highest BCUT2D eigenvalue weighted by molar-refractivity contribution is 5.76. The molecule has 0 spiro atoms. The van der Waals surface area contributed by atoms with Crippen molar-refractivity contribution in [1.29, 1.82) is 0 Å². The fourth-order valence-electron chi connectivity index (χ4n) is 2.99. The second-order valence-corrected chi connectivity index (χ2v) is 6.58. The third-order valence-corrected chi connectivity index (χ3v) is 4.75. The fourth-order valence-corrected chi connectivity index (χ4v) is 2.99. The molecule has 0 saturated carbocycles. The number of carbonyl (C=O) groups is 1. The lowest BCUT2D eigenvalue weighted by Crippen LogP contribution is -2.29. The van der Waals surface area contributed by atoms with E-state index in [1.807, 2.05) is 49.4 Å². The number of benzene rings is 2. The number of rotatable bonds is 7. The minimum atomic E-state index is -0.190. The second-order valence-electron chi connectivity index (χ2n) is 6.58. The number of hydrogen-bond donors (Lipinski definition) is 1. The second kappa shape index (κ2) is 8.54. The van der Waals surface area contributed by atoms with Gasteiger partial charge >= 0.3 is 0 Å². The van der Waals surface area contributed by atoms with Crippen LogP contribution < -0.4 is 0 Å². The maximum absolute atomic E-state index is 12.5. The summed E-state index contributed by atoms with van der Waals surface area (Å²) in [6, 6.07) is 16.7. The molecule has 1 aromatic heterocycles. The molecule has 1 N–H and O–H groups in total. The summed E-state index contributed by atoms with van der Waals surface area (Å²) in [6.45, 7) is 1.91. The highest BCUT2D eigenvalue weighted by atomic mass is 16.4. The number of aromatic hydroxyl groups is 1. The highest BCUT2D eigenvalue weighted by Gasteiger charge is 2.19. The van der Waals surface area contributed by atoms with Gasteiger partial charge in [-0.25, -0.2) is 4.98 Å². The Hall–Kier alpha value is -3.08. The van der Waals surface area contributed by atoms with E-state index < -0.39 is 0 Å². The van der Waals surface area contributed by atoms with Crippen LogP contribution in [-0.4, -0.2) is 27.9 Å². The Labute approximate surface area is 159 Å². The van der Waals surface area contributed by atoms with Crippen molar-refractivity contribution < 1.29 is 14.3 Å². The van der Waals surface area contributed by atoms with Crippen molar-refractivity contribution in [2.45, 2.75) is 32.2 Å². The summed E-state index contributed by atoms with van der Waals surface area (Å²) >= 11 is 0. The van der Waals surface area contributed by atoms with Gasteiger partial charge in [0.15, 0.2) is 11.7 Å². The first-order valence-electron chi connectivity index (χ1n) is 9.10. The smallest absolute Gasteiger partial charge is 0.222 e. The summed E-state index contributed by atoms with van der Waals surface area (Å²) in [5.41, 5.74) is 1.73. The van der Waals surface area contributed by atoms with E-state index in [4.69, 9.17) is 4.42 Å². The molecule has 0 radical (unpaired) electrons. The molecule has 1 amide bonds. The summed E-state index contributed by atoms with van der Waals surface area (Å²) in [7, 11) is 1.76. The average molecular weight is 364 g/mol. The molecule has 5 heteroatoms. The molecule has 0 aliphatic heterocycles. The van der Waals surface area contributed by atoms with Crippen LogP contribution in [0.5, 0.6) is 5.75 Å². The zero-order valence-corrected chi connectivity index (χ0v) is 15.6. The van der Waals surface area contributed by atoms with Gasteiger partial charge in [-0.2, -0.15) is 0 Å². The largest absolute Gasteiger partial charge is 0.508 e. The molecule has 0 aliphatic rings. The maximum Gasteiger partial charge on any atom is 0.222 e. The Bertz CT molecular complexity index is 889. The van der Waals surface area contributed by atoms with Crippen LogP contribution in [0.15, 0.2) is 65.2 Å². The summed E-state index contributed by atoms with van der Waals surface area (Å²) in [5, 5.41) is 9.97. The Balaban J connectivity index is 1.52. The van der Waals surface area contributed by atoms with Gasteiger partial charge in [0.1, 0.15) is 5.75 Å². The van der Waals surface area contributed by atoms with Crippen molar-refractivity contribution in [3.63, 3.8) is 0 Å². The predicted molar refractivity (Wildman–Crippen MR) is 104 cm³/mol. The van der Waals surface area contributed by atoms with Crippen LogP contribution in [0.2, 0.25) is 0 Å².